The molecule has 0 aliphatic carbocycles. The molecule has 19 heavy (non-hydrogen) atoms. The summed E-state index contributed by atoms with van der Waals surface area (Å²) in [4.78, 5) is 27.6. The number of pyridine rings is 1. The number of nitro groups is 1. The number of nitrogens with zero attached hydrogens (tertiary/aromatic N) is 3. The van der Waals surface area contributed by atoms with E-state index in [4.69, 9.17) is 5.73 Å². The second-order valence-corrected chi connectivity index (χ2v) is 4.44. The number of amides is 1. The van der Waals surface area contributed by atoms with Crippen molar-refractivity contribution < 1.29 is 9.72 Å². The Bertz CT molecular complexity index is 490. The van der Waals surface area contributed by atoms with E-state index in [0.29, 0.717) is 0 Å². The van der Waals surface area contributed by atoms with Gasteiger partial charge in [0.15, 0.2) is 0 Å². The molecular weight excluding hydrogens is 248 g/mol. The lowest BCUT2D eigenvalue weighted by atomic mass is 10.1. The van der Waals surface area contributed by atoms with Gasteiger partial charge in [0.25, 0.3) is 11.6 Å². The standard InChI is InChI=1S/C12H18N4O3/c1-4-5-8(2)15(3)12(17)10-6-9(16(18)19)7-14-11(10)13/h6-8H,4-5H2,1-3H3,(H2,13,14). The molecule has 104 valence electrons. The molecule has 0 aliphatic heterocycles. The second kappa shape index (κ2) is 6.12. The zero-order valence-corrected chi connectivity index (χ0v) is 11.3. The van der Waals surface area contributed by atoms with Gasteiger partial charge >= 0.3 is 0 Å². The smallest absolute Gasteiger partial charge is 0.288 e. The maximum atomic E-state index is 12.2. The van der Waals surface area contributed by atoms with Gasteiger partial charge in [-0.25, -0.2) is 4.98 Å². The van der Waals surface area contributed by atoms with E-state index < -0.39 is 4.92 Å². The van der Waals surface area contributed by atoms with Crippen molar-refractivity contribution >= 4 is 17.4 Å². The molecule has 0 spiro atoms. The largest absolute Gasteiger partial charge is 0.383 e. The predicted molar refractivity (Wildman–Crippen MR) is 71.8 cm³/mol. The number of aromatic nitrogens is 1. The minimum atomic E-state index is -0.599. The minimum absolute atomic E-state index is 0.00569. The molecule has 1 amide bonds. The fourth-order valence-electron chi connectivity index (χ4n) is 1.74. The van der Waals surface area contributed by atoms with E-state index >= 15 is 0 Å². The third-order valence-corrected chi connectivity index (χ3v) is 3.03. The maximum Gasteiger partial charge on any atom is 0.288 e. The Kier molecular flexibility index (Phi) is 4.80. The van der Waals surface area contributed by atoms with Crippen molar-refractivity contribution in [1.29, 1.82) is 0 Å². The van der Waals surface area contributed by atoms with Crippen LogP contribution in [0.4, 0.5) is 11.5 Å². The second-order valence-electron chi connectivity index (χ2n) is 4.44. The van der Waals surface area contributed by atoms with Gasteiger partial charge < -0.3 is 10.6 Å². The number of anilines is 1. The van der Waals surface area contributed by atoms with Crippen LogP contribution in [0.1, 0.15) is 37.0 Å². The highest BCUT2D eigenvalue weighted by Gasteiger charge is 2.22. The summed E-state index contributed by atoms with van der Waals surface area (Å²) in [6.45, 7) is 3.94. The first-order chi connectivity index (χ1) is 8.88. The van der Waals surface area contributed by atoms with Crippen LogP contribution in [0.3, 0.4) is 0 Å². The van der Waals surface area contributed by atoms with Crippen LogP contribution in [-0.4, -0.2) is 33.8 Å². The van der Waals surface area contributed by atoms with Gasteiger partial charge in [0, 0.05) is 19.2 Å². The molecule has 7 heteroatoms. The summed E-state index contributed by atoms with van der Waals surface area (Å²) in [5.41, 5.74) is 5.45. The Hall–Kier alpha value is -2.18. The van der Waals surface area contributed by atoms with E-state index in [1.807, 2.05) is 13.8 Å². The summed E-state index contributed by atoms with van der Waals surface area (Å²) in [5, 5.41) is 10.7. The fourth-order valence-corrected chi connectivity index (χ4v) is 1.74. The quantitative estimate of drug-likeness (QED) is 0.647. The third kappa shape index (κ3) is 3.40. The van der Waals surface area contributed by atoms with Crippen molar-refractivity contribution in [1.82, 2.24) is 9.88 Å². The van der Waals surface area contributed by atoms with Crippen LogP contribution in [-0.2, 0) is 0 Å². The highest BCUT2D eigenvalue weighted by atomic mass is 16.6. The molecule has 0 radical (unpaired) electrons. The van der Waals surface area contributed by atoms with E-state index in [2.05, 4.69) is 4.98 Å². The number of carbonyl (C=O) groups is 1. The topological polar surface area (TPSA) is 102 Å². The van der Waals surface area contributed by atoms with Crippen molar-refractivity contribution in [2.75, 3.05) is 12.8 Å². The van der Waals surface area contributed by atoms with Gasteiger partial charge in [-0.2, -0.15) is 0 Å². The fraction of sp³-hybridized carbons (Fsp3) is 0.500. The highest BCUT2D eigenvalue weighted by Crippen LogP contribution is 2.19. The lowest BCUT2D eigenvalue weighted by Crippen LogP contribution is -2.35. The summed E-state index contributed by atoms with van der Waals surface area (Å²) in [7, 11) is 1.65. The van der Waals surface area contributed by atoms with Gasteiger partial charge in [0.05, 0.1) is 10.5 Å². The van der Waals surface area contributed by atoms with Gasteiger partial charge in [-0.3, -0.25) is 14.9 Å². The van der Waals surface area contributed by atoms with Crippen molar-refractivity contribution in [2.24, 2.45) is 0 Å². The molecule has 1 unspecified atom stereocenters. The molecule has 1 rings (SSSR count). The molecule has 0 bridgehead atoms. The van der Waals surface area contributed by atoms with Gasteiger partial charge in [0.2, 0.25) is 0 Å². The van der Waals surface area contributed by atoms with Crippen LogP contribution in [0.25, 0.3) is 0 Å². The summed E-state index contributed by atoms with van der Waals surface area (Å²) in [6.07, 6.45) is 2.84. The molecule has 1 aromatic heterocycles. The van der Waals surface area contributed by atoms with Crippen molar-refractivity contribution in [3.05, 3.63) is 27.9 Å². The summed E-state index contributed by atoms with van der Waals surface area (Å²) in [5.74, 6) is -0.346. The van der Waals surface area contributed by atoms with Crippen LogP contribution < -0.4 is 5.73 Å². The molecule has 0 saturated heterocycles. The normalized spacial score (nSPS) is 11.9. The number of nitrogen functional groups attached to an aromatic ring is 1. The zero-order valence-electron chi connectivity index (χ0n) is 11.3. The predicted octanol–water partition coefficient (Wildman–Crippen LogP) is 1.83. The number of rotatable bonds is 5. The molecule has 0 saturated carbocycles. The first-order valence-electron chi connectivity index (χ1n) is 6.05. The molecule has 1 aromatic rings. The highest BCUT2D eigenvalue weighted by molar-refractivity contribution is 5.98. The Morgan fingerprint density at radius 2 is 2.26 bits per heavy atom. The molecule has 2 N–H and O–H groups in total. The van der Waals surface area contributed by atoms with Crippen LogP contribution in [0.5, 0.6) is 0 Å². The van der Waals surface area contributed by atoms with E-state index in [0.717, 1.165) is 19.0 Å². The SMILES string of the molecule is CCCC(C)N(C)C(=O)c1cc([N+](=O)[O-])cnc1N. The van der Waals surface area contributed by atoms with Crippen LogP contribution in [0.2, 0.25) is 0 Å². The first-order valence-corrected chi connectivity index (χ1v) is 6.05. The van der Waals surface area contributed by atoms with Crippen molar-refractivity contribution in [3.8, 4) is 0 Å². The molecule has 0 aromatic carbocycles. The Labute approximate surface area is 111 Å². The molecule has 1 heterocycles. The van der Waals surface area contributed by atoms with Gasteiger partial charge in [-0.05, 0) is 13.3 Å². The zero-order chi connectivity index (χ0) is 14.6. The third-order valence-electron chi connectivity index (χ3n) is 3.03. The van der Waals surface area contributed by atoms with E-state index in [9.17, 15) is 14.9 Å². The van der Waals surface area contributed by atoms with Crippen LogP contribution >= 0.6 is 0 Å². The number of carbonyl (C=O) groups excluding carboxylic acids is 1. The summed E-state index contributed by atoms with van der Waals surface area (Å²) < 4.78 is 0. The average Bonchev–Trinajstić information content (AvgIpc) is 2.37. The maximum absolute atomic E-state index is 12.2. The average molecular weight is 266 g/mol. The lowest BCUT2D eigenvalue weighted by molar-refractivity contribution is -0.385. The Balaban J connectivity index is 3.04. The van der Waals surface area contributed by atoms with Crippen LogP contribution in [0, 0.1) is 10.1 Å². The Morgan fingerprint density at radius 3 is 2.79 bits per heavy atom. The van der Waals surface area contributed by atoms with E-state index in [1.54, 1.807) is 7.05 Å². The van der Waals surface area contributed by atoms with Gasteiger partial charge in [0.1, 0.15) is 12.0 Å². The first kappa shape index (κ1) is 14.9. The van der Waals surface area contributed by atoms with Gasteiger partial charge in [-0.15, -0.1) is 0 Å². The lowest BCUT2D eigenvalue weighted by Gasteiger charge is -2.24. The number of nitrogens with two attached hydrogens (primary N) is 1. The van der Waals surface area contributed by atoms with Gasteiger partial charge in [-0.1, -0.05) is 13.3 Å². The van der Waals surface area contributed by atoms with E-state index in [1.165, 1.54) is 11.0 Å². The molecule has 0 aliphatic rings. The minimum Gasteiger partial charge on any atom is -0.383 e. The molecule has 1 atom stereocenters. The van der Waals surface area contributed by atoms with E-state index in [-0.39, 0.29) is 29.0 Å². The van der Waals surface area contributed by atoms with Crippen LogP contribution in [0.15, 0.2) is 12.3 Å². The summed E-state index contributed by atoms with van der Waals surface area (Å²) in [6, 6.07) is 1.20. The summed E-state index contributed by atoms with van der Waals surface area (Å²) >= 11 is 0. The van der Waals surface area contributed by atoms with Crippen molar-refractivity contribution in [3.63, 3.8) is 0 Å². The molecule has 7 nitrogen and oxygen atoms in total. The van der Waals surface area contributed by atoms with Crippen molar-refractivity contribution in [2.45, 2.75) is 32.7 Å². The molecule has 0 fully saturated rings. The Morgan fingerprint density at radius 1 is 1.63 bits per heavy atom. The molecular formula is C12H18N4O3. The monoisotopic (exact) mass is 266 g/mol. The number of hydrogen-bond donors (Lipinski definition) is 1. The number of hydrogen-bond acceptors (Lipinski definition) is 5.